The smallest absolute Gasteiger partial charge is 0.250 e. The molecule has 2 heterocycles. The number of carbonyl (C=O) groups is 1. The van der Waals surface area contributed by atoms with Gasteiger partial charge >= 0.3 is 0 Å². The molecule has 1 saturated heterocycles. The van der Waals surface area contributed by atoms with Crippen LogP contribution >= 0.6 is 11.8 Å². The van der Waals surface area contributed by atoms with Crippen LogP contribution in [0.4, 0.5) is 0 Å². The lowest BCUT2D eigenvalue weighted by molar-refractivity contribution is -0.117. The number of nitriles is 1. The summed E-state index contributed by atoms with van der Waals surface area (Å²) in [5, 5.41) is 24.8. The zero-order valence-electron chi connectivity index (χ0n) is 15.8. The van der Waals surface area contributed by atoms with Gasteiger partial charge in [0.15, 0.2) is 5.72 Å². The number of fused-ring (bicyclic) bond motifs is 1. The Balaban J connectivity index is 1.97. The van der Waals surface area contributed by atoms with Gasteiger partial charge in [-0.1, -0.05) is 60.7 Å². The maximum atomic E-state index is 12.9. The van der Waals surface area contributed by atoms with E-state index >= 15 is 0 Å². The topological polar surface area (TPSA) is 102 Å². The molecule has 2 atom stereocenters. The first kappa shape index (κ1) is 19.1. The molecule has 0 saturated carbocycles. The average molecular weight is 404 g/mol. The predicted molar refractivity (Wildman–Crippen MR) is 112 cm³/mol. The van der Waals surface area contributed by atoms with E-state index in [1.165, 1.54) is 16.7 Å². The van der Waals surface area contributed by atoms with Crippen LogP contribution in [0.1, 0.15) is 17.0 Å². The molecule has 2 aromatic rings. The molecule has 1 fully saturated rings. The number of rotatable bonds is 3. The third-order valence-electron chi connectivity index (χ3n) is 5.27. The zero-order valence-corrected chi connectivity index (χ0v) is 16.6. The number of amides is 1. The minimum Gasteiger partial charge on any atom is -0.384 e. The van der Waals surface area contributed by atoms with E-state index in [1.54, 1.807) is 7.05 Å². The Labute approximate surface area is 173 Å². The van der Waals surface area contributed by atoms with Crippen LogP contribution in [0.2, 0.25) is 0 Å². The Morgan fingerprint density at radius 2 is 1.86 bits per heavy atom. The Bertz CT molecular complexity index is 1060. The Kier molecular flexibility index (Phi) is 4.82. The normalized spacial score (nSPS) is 23.6. The van der Waals surface area contributed by atoms with E-state index in [9.17, 15) is 15.2 Å². The van der Waals surface area contributed by atoms with Crippen molar-refractivity contribution in [3.8, 4) is 6.07 Å². The molecule has 4 rings (SSSR count). The fourth-order valence-corrected chi connectivity index (χ4v) is 5.27. The Hall–Kier alpha value is -3.21. The highest BCUT2D eigenvalue weighted by atomic mass is 32.2. The van der Waals surface area contributed by atoms with E-state index in [-0.39, 0.29) is 23.1 Å². The van der Waals surface area contributed by atoms with Crippen molar-refractivity contribution < 1.29 is 9.90 Å². The van der Waals surface area contributed by atoms with Crippen molar-refractivity contribution >= 4 is 17.7 Å². The fraction of sp³-hybridized carbons (Fsp3) is 0.182. The van der Waals surface area contributed by atoms with Crippen LogP contribution in [0.25, 0.3) is 0 Å². The average Bonchev–Trinajstić information content (AvgIpc) is 3.13. The summed E-state index contributed by atoms with van der Waals surface area (Å²) in [4.78, 5) is 14.5. The van der Waals surface area contributed by atoms with Crippen molar-refractivity contribution in [3.63, 3.8) is 0 Å². The van der Waals surface area contributed by atoms with Gasteiger partial charge in [0.2, 0.25) is 0 Å². The first-order valence-corrected chi connectivity index (χ1v) is 10.1. The van der Waals surface area contributed by atoms with Crippen molar-refractivity contribution in [2.45, 2.75) is 11.6 Å². The number of hydrogen-bond donors (Lipinski definition) is 3. The molecule has 1 amide bonds. The lowest BCUT2D eigenvalue weighted by Gasteiger charge is -2.40. The van der Waals surface area contributed by atoms with Crippen LogP contribution in [0, 0.1) is 11.3 Å². The molecule has 0 aliphatic carbocycles. The lowest BCUT2D eigenvalue weighted by Crippen LogP contribution is -2.47. The number of nitrogens with two attached hydrogens (primary N) is 1. The Morgan fingerprint density at radius 1 is 1.24 bits per heavy atom. The molecule has 2 unspecified atom stereocenters. The molecule has 6 nitrogen and oxygen atoms in total. The van der Waals surface area contributed by atoms with Crippen LogP contribution in [0.15, 0.2) is 82.7 Å². The van der Waals surface area contributed by atoms with Crippen LogP contribution in [-0.4, -0.2) is 28.7 Å². The molecule has 0 spiro atoms. The monoisotopic (exact) mass is 404 g/mol. The first-order chi connectivity index (χ1) is 14.0. The molecule has 2 aliphatic heterocycles. The van der Waals surface area contributed by atoms with Gasteiger partial charge in [0.25, 0.3) is 5.91 Å². The van der Waals surface area contributed by atoms with E-state index in [1.807, 2.05) is 60.7 Å². The number of thioether (sulfide) groups is 1. The highest BCUT2D eigenvalue weighted by Gasteiger charge is 2.51. The number of nitrogens with zero attached hydrogens (tertiary/aromatic N) is 2. The third kappa shape index (κ3) is 2.89. The number of nitrogens with one attached hydrogen (secondary N) is 1. The summed E-state index contributed by atoms with van der Waals surface area (Å²) in [6.07, 6.45) is 0. The maximum absolute atomic E-state index is 12.9. The van der Waals surface area contributed by atoms with Crippen molar-refractivity contribution in [1.82, 2.24) is 10.2 Å². The molecule has 0 aromatic heterocycles. The quantitative estimate of drug-likeness (QED) is 0.726. The van der Waals surface area contributed by atoms with Gasteiger partial charge in [0, 0.05) is 12.6 Å². The van der Waals surface area contributed by atoms with Gasteiger partial charge in [-0.3, -0.25) is 9.69 Å². The van der Waals surface area contributed by atoms with E-state index in [0.29, 0.717) is 16.2 Å². The first-order valence-electron chi connectivity index (χ1n) is 9.14. The largest absolute Gasteiger partial charge is 0.384 e. The summed E-state index contributed by atoms with van der Waals surface area (Å²) in [6.45, 7) is 0. The number of likely N-dealkylation sites (N-methyl/N-ethyl adjacent to an activating group) is 1. The predicted octanol–water partition coefficient (Wildman–Crippen LogP) is 2.33. The summed E-state index contributed by atoms with van der Waals surface area (Å²) in [5.74, 6) is -0.449. The summed E-state index contributed by atoms with van der Waals surface area (Å²) in [7, 11) is 1.55. The minimum absolute atomic E-state index is 0.167. The molecular formula is C22H20N4O2S. The molecule has 4 N–H and O–H groups in total. The fourth-order valence-electron chi connectivity index (χ4n) is 3.89. The van der Waals surface area contributed by atoms with Crippen molar-refractivity contribution in [3.05, 3.63) is 93.8 Å². The van der Waals surface area contributed by atoms with Gasteiger partial charge in [0.1, 0.15) is 5.82 Å². The van der Waals surface area contributed by atoms with Crippen LogP contribution in [0.3, 0.4) is 0 Å². The summed E-state index contributed by atoms with van der Waals surface area (Å²) >= 11 is 1.37. The van der Waals surface area contributed by atoms with Crippen LogP contribution in [-0.2, 0) is 10.5 Å². The van der Waals surface area contributed by atoms with Crippen molar-refractivity contribution in [1.29, 1.82) is 5.26 Å². The zero-order chi connectivity index (χ0) is 20.6. The number of carbonyl (C=O) groups excluding carboxylic acids is 1. The molecule has 2 aromatic carbocycles. The van der Waals surface area contributed by atoms with Gasteiger partial charge in [-0.2, -0.15) is 5.26 Å². The van der Waals surface area contributed by atoms with Gasteiger partial charge in [0.05, 0.1) is 33.9 Å². The highest BCUT2D eigenvalue weighted by Crippen LogP contribution is 2.53. The van der Waals surface area contributed by atoms with Crippen LogP contribution in [0.5, 0.6) is 0 Å². The van der Waals surface area contributed by atoms with Gasteiger partial charge in [-0.25, -0.2) is 0 Å². The lowest BCUT2D eigenvalue weighted by atomic mass is 9.82. The van der Waals surface area contributed by atoms with E-state index < -0.39 is 11.6 Å². The third-order valence-corrected chi connectivity index (χ3v) is 6.49. The number of allylic oxidation sites excluding steroid dienone is 1. The van der Waals surface area contributed by atoms with Crippen LogP contribution < -0.4 is 11.1 Å². The summed E-state index contributed by atoms with van der Waals surface area (Å²) in [5.41, 5.74) is 7.13. The van der Waals surface area contributed by atoms with E-state index in [2.05, 4.69) is 11.4 Å². The molecule has 7 heteroatoms. The molecule has 29 heavy (non-hydrogen) atoms. The summed E-state index contributed by atoms with van der Waals surface area (Å²) < 4.78 is 0. The SMILES string of the molecule is CNC(=O)C1=C2SCC(O)(c3ccccc3)N2C(N)=C(C#N)C1c1ccccc1. The molecule has 2 aliphatic rings. The van der Waals surface area contributed by atoms with Crippen molar-refractivity contribution in [2.75, 3.05) is 12.8 Å². The number of benzene rings is 2. The van der Waals surface area contributed by atoms with E-state index in [4.69, 9.17) is 5.73 Å². The second-order valence-electron chi connectivity index (χ2n) is 6.86. The van der Waals surface area contributed by atoms with E-state index in [0.717, 1.165) is 5.56 Å². The summed E-state index contributed by atoms with van der Waals surface area (Å²) in [6, 6.07) is 20.7. The minimum atomic E-state index is -1.45. The number of hydrogen-bond acceptors (Lipinski definition) is 6. The molecule has 0 bridgehead atoms. The molecule has 0 radical (unpaired) electrons. The second-order valence-corrected chi connectivity index (χ2v) is 7.82. The number of aliphatic hydroxyl groups is 1. The molecule has 146 valence electrons. The van der Waals surface area contributed by atoms with Crippen molar-refractivity contribution in [2.24, 2.45) is 5.73 Å². The van der Waals surface area contributed by atoms with Gasteiger partial charge < -0.3 is 16.2 Å². The van der Waals surface area contributed by atoms with Gasteiger partial charge in [-0.15, -0.1) is 11.8 Å². The van der Waals surface area contributed by atoms with Gasteiger partial charge in [-0.05, 0) is 5.56 Å². The molecular weight excluding hydrogens is 384 g/mol. The standard InChI is InChI=1S/C22H20N4O2S/c1-25-20(27)18-17(14-8-4-2-5-9-14)16(12-23)19(24)26-21(18)29-13-22(26,28)15-10-6-3-7-11-15/h2-11,17,28H,13,24H2,1H3,(H,25,27). The second kappa shape index (κ2) is 7.32. The highest BCUT2D eigenvalue weighted by molar-refractivity contribution is 8.03. The maximum Gasteiger partial charge on any atom is 0.250 e. The Morgan fingerprint density at radius 3 is 2.45 bits per heavy atom.